The van der Waals surface area contributed by atoms with Crippen LogP contribution >= 0.6 is 11.6 Å². The molecule has 2 aromatic rings. The number of nitrogens with two attached hydrogens (primary N) is 1. The first-order chi connectivity index (χ1) is 9.88. The molecule has 0 radical (unpaired) electrons. The van der Waals surface area contributed by atoms with Gasteiger partial charge in [0, 0.05) is 24.7 Å². The van der Waals surface area contributed by atoms with Crippen LogP contribution in [0.5, 0.6) is 0 Å². The number of benzene rings is 2. The Morgan fingerprint density at radius 3 is 2.52 bits per heavy atom. The Labute approximate surface area is 127 Å². The number of anilines is 3. The zero-order valence-electron chi connectivity index (χ0n) is 11.7. The predicted octanol–water partition coefficient (Wildman–Crippen LogP) is 3.51. The number of nitrogen functional groups attached to an aromatic ring is 1. The molecule has 0 aromatic heterocycles. The summed E-state index contributed by atoms with van der Waals surface area (Å²) in [5.74, 6) is -0.588. The average Bonchev–Trinajstić information content (AvgIpc) is 2.44. The third kappa shape index (κ3) is 3.44. The predicted molar refractivity (Wildman–Crippen MR) is 83.6 cm³/mol. The molecule has 2 aromatic carbocycles. The lowest BCUT2D eigenvalue weighted by molar-refractivity contribution is 0.0827. The zero-order valence-corrected chi connectivity index (χ0v) is 12.4. The molecule has 0 atom stereocenters. The minimum atomic E-state index is -0.438. The second-order valence-electron chi connectivity index (χ2n) is 4.75. The van der Waals surface area contributed by atoms with Crippen LogP contribution < -0.4 is 11.1 Å². The lowest BCUT2D eigenvalue weighted by atomic mass is 10.1. The van der Waals surface area contributed by atoms with Crippen molar-refractivity contribution in [3.63, 3.8) is 0 Å². The van der Waals surface area contributed by atoms with Crippen LogP contribution in [0.1, 0.15) is 10.4 Å². The van der Waals surface area contributed by atoms with E-state index in [9.17, 15) is 9.18 Å². The second-order valence-corrected chi connectivity index (χ2v) is 5.19. The van der Waals surface area contributed by atoms with Gasteiger partial charge in [0.15, 0.2) is 0 Å². The molecule has 0 aliphatic carbocycles. The SMILES string of the molecule is CN(C)C(=O)c1ccc(Nc2cc(Cl)ccc2F)c(N)c1. The summed E-state index contributed by atoms with van der Waals surface area (Å²) in [6.45, 7) is 0. The summed E-state index contributed by atoms with van der Waals surface area (Å²) in [6, 6.07) is 9.01. The highest BCUT2D eigenvalue weighted by molar-refractivity contribution is 6.30. The monoisotopic (exact) mass is 307 g/mol. The quantitative estimate of drug-likeness (QED) is 0.853. The molecule has 0 saturated carbocycles. The van der Waals surface area contributed by atoms with E-state index in [0.717, 1.165) is 0 Å². The van der Waals surface area contributed by atoms with Crippen LogP contribution in [0.25, 0.3) is 0 Å². The molecule has 4 nitrogen and oxygen atoms in total. The van der Waals surface area contributed by atoms with E-state index in [1.54, 1.807) is 32.3 Å². The maximum absolute atomic E-state index is 13.7. The highest BCUT2D eigenvalue weighted by Crippen LogP contribution is 2.28. The van der Waals surface area contributed by atoms with Crippen LogP contribution in [0.4, 0.5) is 21.5 Å². The molecular weight excluding hydrogens is 293 g/mol. The maximum Gasteiger partial charge on any atom is 0.253 e. The fourth-order valence-corrected chi connectivity index (χ4v) is 1.98. The fraction of sp³-hybridized carbons (Fsp3) is 0.133. The molecule has 1 amide bonds. The van der Waals surface area contributed by atoms with Gasteiger partial charge in [-0.3, -0.25) is 4.79 Å². The van der Waals surface area contributed by atoms with Crippen molar-refractivity contribution in [1.29, 1.82) is 0 Å². The van der Waals surface area contributed by atoms with Crippen molar-refractivity contribution in [1.82, 2.24) is 4.90 Å². The highest BCUT2D eigenvalue weighted by atomic mass is 35.5. The molecule has 0 spiro atoms. The van der Waals surface area contributed by atoms with Crippen LogP contribution in [0.3, 0.4) is 0 Å². The summed E-state index contributed by atoms with van der Waals surface area (Å²) in [6.07, 6.45) is 0. The first-order valence-electron chi connectivity index (χ1n) is 6.21. The van der Waals surface area contributed by atoms with Gasteiger partial charge in [-0.1, -0.05) is 11.6 Å². The van der Waals surface area contributed by atoms with E-state index in [1.807, 2.05) is 0 Å². The number of halogens is 2. The van der Waals surface area contributed by atoms with E-state index in [1.165, 1.54) is 23.1 Å². The summed E-state index contributed by atoms with van der Waals surface area (Å²) in [5.41, 5.74) is 7.45. The van der Waals surface area contributed by atoms with E-state index in [0.29, 0.717) is 22.0 Å². The fourth-order valence-electron chi connectivity index (χ4n) is 1.81. The Balaban J connectivity index is 2.30. The van der Waals surface area contributed by atoms with Gasteiger partial charge in [-0.2, -0.15) is 0 Å². The molecular formula is C15H15ClFN3O. The number of hydrogen-bond acceptors (Lipinski definition) is 3. The number of rotatable bonds is 3. The van der Waals surface area contributed by atoms with Crippen LogP contribution in [0.15, 0.2) is 36.4 Å². The Hall–Kier alpha value is -2.27. The molecule has 0 bridgehead atoms. The van der Waals surface area contributed by atoms with Gasteiger partial charge in [0.25, 0.3) is 5.91 Å². The summed E-state index contributed by atoms with van der Waals surface area (Å²) in [4.78, 5) is 13.3. The number of carbonyl (C=O) groups is 1. The van der Waals surface area contributed by atoms with Crippen LogP contribution in [-0.2, 0) is 0 Å². The van der Waals surface area contributed by atoms with Gasteiger partial charge in [0.1, 0.15) is 5.82 Å². The van der Waals surface area contributed by atoms with Crippen LogP contribution in [-0.4, -0.2) is 24.9 Å². The van der Waals surface area contributed by atoms with Gasteiger partial charge in [-0.05, 0) is 36.4 Å². The van der Waals surface area contributed by atoms with Gasteiger partial charge in [-0.25, -0.2) is 4.39 Å². The number of amides is 1. The van der Waals surface area contributed by atoms with Crippen LogP contribution in [0.2, 0.25) is 5.02 Å². The van der Waals surface area contributed by atoms with E-state index in [4.69, 9.17) is 17.3 Å². The molecule has 6 heteroatoms. The molecule has 0 unspecified atom stereocenters. The molecule has 21 heavy (non-hydrogen) atoms. The van der Waals surface area contributed by atoms with Crippen molar-refractivity contribution in [3.8, 4) is 0 Å². The van der Waals surface area contributed by atoms with Crippen molar-refractivity contribution >= 4 is 34.6 Å². The Kier molecular flexibility index (Phi) is 4.33. The van der Waals surface area contributed by atoms with Crippen molar-refractivity contribution in [2.45, 2.75) is 0 Å². The minimum absolute atomic E-state index is 0.151. The second kappa shape index (κ2) is 6.01. The Morgan fingerprint density at radius 1 is 1.19 bits per heavy atom. The number of hydrogen-bond donors (Lipinski definition) is 2. The Morgan fingerprint density at radius 2 is 1.90 bits per heavy atom. The highest BCUT2D eigenvalue weighted by Gasteiger charge is 2.11. The number of nitrogens with one attached hydrogen (secondary N) is 1. The molecule has 0 saturated heterocycles. The lowest BCUT2D eigenvalue weighted by Crippen LogP contribution is -2.21. The van der Waals surface area contributed by atoms with Gasteiger partial charge < -0.3 is 16.0 Å². The third-order valence-corrected chi connectivity index (χ3v) is 3.14. The maximum atomic E-state index is 13.7. The number of carbonyl (C=O) groups excluding carboxylic acids is 1. The molecule has 0 heterocycles. The first-order valence-corrected chi connectivity index (χ1v) is 6.59. The van der Waals surface area contributed by atoms with Crippen molar-refractivity contribution in [2.75, 3.05) is 25.1 Å². The zero-order chi connectivity index (χ0) is 15.6. The van der Waals surface area contributed by atoms with Crippen molar-refractivity contribution in [2.24, 2.45) is 0 Å². The molecule has 110 valence electrons. The largest absolute Gasteiger partial charge is 0.397 e. The normalized spacial score (nSPS) is 10.3. The summed E-state index contributed by atoms with van der Waals surface area (Å²) >= 11 is 5.84. The average molecular weight is 308 g/mol. The number of nitrogens with zero attached hydrogens (tertiary/aromatic N) is 1. The minimum Gasteiger partial charge on any atom is -0.397 e. The van der Waals surface area contributed by atoms with Gasteiger partial charge in [0.2, 0.25) is 0 Å². The Bertz CT molecular complexity index is 689. The lowest BCUT2D eigenvalue weighted by Gasteiger charge is -2.14. The van der Waals surface area contributed by atoms with E-state index in [-0.39, 0.29) is 11.6 Å². The van der Waals surface area contributed by atoms with Crippen molar-refractivity contribution in [3.05, 3.63) is 52.8 Å². The smallest absolute Gasteiger partial charge is 0.253 e. The molecule has 2 rings (SSSR count). The van der Waals surface area contributed by atoms with Gasteiger partial charge in [-0.15, -0.1) is 0 Å². The van der Waals surface area contributed by atoms with Gasteiger partial charge >= 0.3 is 0 Å². The molecule has 0 aliphatic rings. The third-order valence-electron chi connectivity index (χ3n) is 2.90. The van der Waals surface area contributed by atoms with Gasteiger partial charge in [0.05, 0.1) is 17.1 Å². The summed E-state index contributed by atoms with van der Waals surface area (Å²) in [7, 11) is 3.32. The summed E-state index contributed by atoms with van der Waals surface area (Å²) in [5, 5.41) is 3.28. The van der Waals surface area contributed by atoms with E-state index >= 15 is 0 Å². The first kappa shape index (κ1) is 15.1. The molecule has 0 fully saturated rings. The van der Waals surface area contributed by atoms with E-state index < -0.39 is 5.82 Å². The topological polar surface area (TPSA) is 58.4 Å². The molecule has 3 N–H and O–H groups in total. The van der Waals surface area contributed by atoms with Crippen LogP contribution in [0, 0.1) is 5.82 Å². The molecule has 0 aliphatic heterocycles. The standard InChI is InChI=1S/C15H15ClFN3O/c1-20(2)15(21)9-3-6-13(12(18)7-9)19-14-8-10(16)4-5-11(14)17/h3-8,19H,18H2,1-2H3. The van der Waals surface area contributed by atoms with Crippen molar-refractivity contribution < 1.29 is 9.18 Å². The van der Waals surface area contributed by atoms with E-state index in [2.05, 4.69) is 5.32 Å². The summed E-state index contributed by atoms with van der Waals surface area (Å²) < 4.78 is 13.7.